The van der Waals surface area contributed by atoms with E-state index in [2.05, 4.69) is 11.4 Å². The number of carbonyl (C=O) groups excluding carboxylic acids is 1. The van der Waals surface area contributed by atoms with Gasteiger partial charge in [-0.25, -0.2) is 0 Å². The molecule has 2 heteroatoms. The fourth-order valence-electron chi connectivity index (χ4n) is 1.68. The van der Waals surface area contributed by atoms with E-state index < -0.39 is 0 Å². The van der Waals surface area contributed by atoms with Crippen LogP contribution in [0.25, 0.3) is 0 Å². The van der Waals surface area contributed by atoms with Crippen LogP contribution in [0, 0.1) is 0 Å². The Balaban J connectivity index is 2.25. The van der Waals surface area contributed by atoms with Gasteiger partial charge >= 0.3 is 0 Å². The van der Waals surface area contributed by atoms with Gasteiger partial charge in [-0.15, -0.1) is 0 Å². The highest BCUT2D eigenvalue weighted by Crippen LogP contribution is 2.19. The molecule has 1 rings (SSSR count). The molecule has 0 aromatic heterocycles. The minimum Gasteiger partial charge on any atom is -0.320 e. The van der Waals surface area contributed by atoms with Crippen molar-refractivity contribution in [2.24, 2.45) is 0 Å². The predicted octanol–water partition coefficient (Wildman–Crippen LogP) is 2.06. The van der Waals surface area contributed by atoms with Gasteiger partial charge in [0.05, 0.1) is 0 Å². The first-order valence-electron chi connectivity index (χ1n) is 5.21. The van der Waals surface area contributed by atoms with E-state index in [1.54, 1.807) is 0 Å². The third-order valence-electron chi connectivity index (χ3n) is 2.48. The molecule has 0 fully saturated rings. The summed E-state index contributed by atoms with van der Waals surface area (Å²) in [5, 5.41) is 3.05. The van der Waals surface area contributed by atoms with Gasteiger partial charge in [0.25, 0.3) is 0 Å². The van der Waals surface area contributed by atoms with Gasteiger partial charge in [0, 0.05) is 6.42 Å². The summed E-state index contributed by atoms with van der Waals surface area (Å²) in [4.78, 5) is 11.6. The lowest BCUT2D eigenvalue weighted by atomic mass is 9.94. The molecule has 0 unspecified atom stereocenters. The fourth-order valence-corrected chi connectivity index (χ4v) is 1.68. The van der Waals surface area contributed by atoms with Crippen molar-refractivity contribution in [2.75, 3.05) is 13.6 Å². The van der Waals surface area contributed by atoms with E-state index in [9.17, 15) is 4.79 Å². The quantitative estimate of drug-likeness (QED) is 0.658. The van der Waals surface area contributed by atoms with Crippen LogP contribution in [0.3, 0.4) is 0 Å². The number of rotatable bonds is 5. The Labute approximate surface area is 80.4 Å². The van der Waals surface area contributed by atoms with Crippen LogP contribution in [-0.2, 0) is 4.79 Å². The van der Waals surface area contributed by atoms with E-state index in [-0.39, 0.29) is 0 Å². The topological polar surface area (TPSA) is 29.1 Å². The molecule has 0 amide bonds. The Bertz CT molecular complexity index is 196. The molecular weight excluding hydrogens is 162 g/mol. The van der Waals surface area contributed by atoms with Crippen molar-refractivity contribution in [2.45, 2.75) is 38.5 Å². The molecule has 1 N–H and O–H groups in total. The molecule has 1 aliphatic rings. The Morgan fingerprint density at radius 3 is 3.00 bits per heavy atom. The second-order valence-corrected chi connectivity index (χ2v) is 3.61. The lowest BCUT2D eigenvalue weighted by Gasteiger charge is -2.10. The maximum atomic E-state index is 11.6. The van der Waals surface area contributed by atoms with E-state index in [0.29, 0.717) is 12.2 Å². The molecule has 0 spiro atoms. The molecule has 0 saturated heterocycles. The van der Waals surface area contributed by atoms with Gasteiger partial charge in [-0.2, -0.15) is 0 Å². The van der Waals surface area contributed by atoms with Crippen molar-refractivity contribution in [1.82, 2.24) is 5.32 Å². The highest BCUT2D eigenvalue weighted by molar-refractivity contribution is 5.95. The second-order valence-electron chi connectivity index (χ2n) is 3.61. The summed E-state index contributed by atoms with van der Waals surface area (Å²) in [6, 6.07) is 0. The zero-order valence-electron chi connectivity index (χ0n) is 8.44. The summed E-state index contributed by atoms with van der Waals surface area (Å²) in [7, 11) is 1.92. The number of carbonyl (C=O) groups is 1. The predicted molar refractivity (Wildman–Crippen MR) is 54.7 cm³/mol. The van der Waals surface area contributed by atoms with Gasteiger partial charge in [0.1, 0.15) is 0 Å². The average molecular weight is 181 g/mol. The number of nitrogens with one attached hydrogen (secondary N) is 1. The summed E-state index contributed by atoms with van der Waals surface area (Å²) in [5.74, 6) is 0.370. The maximum absolute atomic E-state index is 11.6. The standard InChI is InChI=1S/C11H19NO/c1-12-9-5-8-11(13)10-6-3-2-4-7-10/h6,12H,2-5,7-9H2,1H3. The second kappa shape index (κ2) is 5.92. The molecule has 1 aliphatic carbocycles. The van der Waals surface area contributed by atoms with Crippen molar-refractivity contribution >= 4 is 5.78 Å². The van der Waals surface area contributed by atoms with E-state index in [0.717, 1.165) is 31.4 Å². The summed E-state index contributed by atoms with van der Waals surface area (Å²) in [6.45, 7) is 0.943. The van der Waals surface area contributed by atoms with Gasteiger partial charge in [0.2, 0.25) is 0 Å². The zero-order valence-corrected chi connectivity index (χ0v) is 8.44. The zero-order chi connectivity index (χ0) is 9.52. The lowest BCUT2D eigenvalue weighted by Crippen LogP contribution is -2.11. The molecule has 74 valence electrons. The van der Waals surface area contributed by atoms with Crippen LogP contribution in [0.15, 0.2) is 11.6 Å². The van der Waals surface area contributed by atoms with Crippen LogP contribution in [-0.4, -0.2) is 19.4 Å². The molecule has 0 heterocycles. The van der Waals surface area contributed by atoms with Crippen LogP contribution in [0.1, 0.15) is 38.5 Å². The van der Waals surface area contributed by atoms with E-state index in [4.69, 9.17) is 0 Å². The molecular formula is C11H19NO. The normalized spacial score (nSPS) is 16.8. The Morgan fingerprint density at radius 1 is 1.54 bits per heavy atom. The van der Waals surface area contributed by atoms with Crippen molar-refractivity contribution in [1.29, 1.82) is 0 Å². The Morgan fingerprint density at radius 2 is 2.38 bits per heavy atom. The van der Waals surface area contributed by atoms with Gasteiger partial charge in [-0.05, 0) is 51.3 Å². The molecule has 0 bridgehead atoms. The minimum absolute atomic E-state index is 0.370. The van der Waals surface area contributed by atoms with Crippen molar-refractivity contribution in [3.05, 3.63) is 11.6 Å². The fraction of sp³-hybridized carbons (Fsp3) is 0.727. The molecule has 2 nitrogen and oxygen atoms in total. The smallest absolute Gasteiger partial charge is 0.158 e. The van der Waals surface area contributed by atoms with Crippen LogP contribution in [0.4, 0.5) is 0 Å². The lowest BCUT2D eigenvalue weighted by molar-refractivity contribution is -0.115. The Kier molecular flexibility index (Phi) is 4.76. The van der Waals surface area contributed by atoms with Gasteiger partial charge < -0.3 is 5.32 Å². The first-order valence-corrected chi connectivity index (χ1v) is 5.21. The van der Waals surface area contributed by atoms with Crippen LogP contribution >= 0.6 is 0 Å². The third-order valence-corrected chi connectivity index (χ3v) is 2.48. The number of hydrogen-bond acceptors (Lipinski definition) is 2. The van der Waals surface area contributed by atoms with Gasteiger partial charge in [-0.3, -0.25) is 4.79 Å². The van der Waals surface area contributed by atoms with Gasteiger partial charge in [0.15, 0.2) is 5.78 Å². The van der Waals surface area contributed by atoms with Crippen LogP contribution in [0.2, 0.25) is 0 Å². The van der Waals surface area contributed by atoms with Crippen molar-refractivity contribution in [3.8, 4) is 0 Å². The molecule has 0 saturated carbocycles. The first-order chi connectivity index (χ1) is 6.34. The number of hydrogen-bond donors (Lipinski definition) is 1. The first kappa shape index (κ1) is 10.5. The van der Waals surface area contributed by atoms with Gasteiger partial charge in [-0.1, -0.05) is 6.08 Å². The molecule has 0 aromatic carbocycles. The number of ketones is 1. The Hall–Kier alpha value is -0.630. The summed E-state index contributed by atoms with van der Waals surface area (Å²) in [6.07, 6.45) is 8.38. The van der Waals surface area contributed by atoms with Crippen LogP contribution < -0.4 is 5.32 Å². The number of allylic oxidation sites excluding steroid dienone is 2. The van der Waals surface area contributed by atoms with E-state index >= 15 is 0 Å². The summed E-state index contributed by atoms with van der Waals surface area (Å²) >= 11 is 0. The maximum Gasteiger partial charge on any atom is 0.158 e. The largest absolute Gasteiger partial charge is 0.320 e. The molecule has 0 aromatic rings. The molecule has 0 radical (unpaired) electrons. The molecule has 0 atom stereocenters. The van der Waals surface area contributed by atoms with Crippen molar-refractivity contribution < 1.29 is 4.79 Å². The highest BCUT2D eigenvalue weighted by atomic mass is 16.1. The van der Waals surface area contributed by atoms with Crippen molar-refractivity contribution in [3.63, 3.8) is 0 Å². The summed E-state index contributed by atoms with van der Waals surface area (Å²) in [5.41, 5.74) is 1.09. The molecule has 13 heavy (non-hydrogen) atoms. The SMILES string of the molecule is CNCCCC(=O)C1=CCCCC1. The minimum atomic E-state index is 0.370. The number of Topliss-reactive ketones (excluding diaryl/α,β-unsaturated/α-hetero) is 1. The highest BCUT2D eigenvalue weighted by Gasteiger charge is 2.11. The summed E-state index contributed by atoms with van der Waals surface area (Å²) < 4.78 is 0. The van der Waals surface area contributed by atoms with Crippen LogP contribution in [0.5, 0.6) is 0 Å². The monoisotopic (exact) mass is 181 g/mol. The van der Waals surface area contributed by atoms with E-state index in [1.165, 1.54) is 12.8 Å². The third kappa shape index (κ3) is 3.73. The average Bonchev–Trinajstić information content (AvgIpc) is 2.19. The van der Waals surface area contributed by atoms with E-state index in [1.807, 2.05) is 7.05 Å². The molecule has 0 aliphatic heterocycles.